The molecule has 0 fully saturated rings. The highest BCUT2D eigenvalue weighted by atomic mass is 35.5. The van der Waals surface area contributed by atoms with Gasteiger partial charge < -0.3 is 15.8 Å². The molecule has 3 N–H and O–H groups in total. The molecule has 0 aliphatic carbocycles. The number of methoxy groups -OCH3 is 1. The monoisotopic (exact) mass is 303 g/mol. The van der Waals surface area contributed by atoms with E-state index < -0.39 is 11.0 Å². The number of carbonyl (C=O) groups is 1. The first-order valence-corrected chi connectivity index (χ1v) is 5.80. The van der Waals surface area contributed by atoms with Crippen LogP contribution in [-0.2, 0) is 16.0 Å². The number of hydrogen-bond donors (Lipinski definition) is 2. The zero-order chi connectivity index (χ0) is 14.3. The zero-order valence-corrected chi connectivity index (χ0v) is 11.9. The Balaban J connectivity index is 0.00000361. The maximum Gasteiger partial charge on any atom is 0.272 e. The molecule has 0 aliphatic rings. The van der Waals surface area contributed by atoms with E-state index in [0.717, 1.165) is 0 Å². The highest BCUT2D eigenvalue weighted by molar-refractivity contribution is 5.85. The standard InChI is InChI=1S/C12H17N3O4.ClH/c1-19-8-10(13)12(16)14-7-6-9-4-2-3-5-11(9)15(17)18;/h2-5,10H,6-8,13H2,1H3,(H,14,16);1H. The molecule has 8 heteroatoms. The summed E-state index contributed by atoms with van der Waals surface area (Å²) in [6, 6.07) is 5.71. The van der Waals surface area contributed by atoms with Gasteiger partial charge in [0.15, 0.2) is 0 Å². The van der Waals surface area contributed by atoms with Gasteiger partial charge >= 0.3 is 0 Å². The van der Waals surface area contributed by atoms with E-state index in [9.17, 15) is 14.9 Å². The van der Waals surface area contributed by atoms with Crippen molar-refractivity contribution in [3.05, 3.63) is 39.9 Å². The minimum absolute atomic E-state index is 0. The lowest BCUT2D eigenvalue weighted by Crippen LogP contribution is -2.44. The van der Waals surface area contributed by atoms with E-state index >= 15 is 0 Å². The van der Waals surface area contributed by atoms with Gasteiger partial charge in [0.1, 0.15) is 6.04 Å². The van der Waals surface area contributed by atoms with Gasteiger partial charge in [0.05, 0.1) is 11.5 Å². The quantitative estimate of drug-likeness (QED) is 0.568. The van der Waals surface area contributed by atoms with Gasteiger partial charge in [-0.05, 0) is 6.42 Å². The Morgan fingerprint density at radius 3 is 2.75 bits per heavy atom. The SMILES string of the molecule is COCC(N)C(=O)NCCc1ccccc1[N+](=O)[O-].Cl. The van der Waals surface area contributed by atoms with Gasteiger partial charge in [-0.2, -0.15) is 0 Å². The molecule has 0 spiro atoms. The molecule has 0 heterocycles. The van der Waals surface area contributed by atoms with Crippen LogP contribution >= 0.6 is 12.4 Å². The highest BCUT2D eigenvalue weighted by Crippen LogP contribution is 2.17. The van der Waals surface area contributed by atoms with Crippen LogP contribution in [0, 0.1) is 10.1 Å². The largest absolute Gasteiger partial charge is 0.383 e. The second kappa shape index (κ2) is 9.24. The average Bonchev–Trinajstić information content (AvgIpc) is 2.39. The average molecular weight is 304 g/mol. The zero-order valence-electron chi connectivity index (χ0n) is 11.1. The van der Waals surface area contributed by atoms with Crippen LogP contribution in [-0.4, -0.2) is 37.1 Å². The molecule has 7 nitrogen and oxygen atoms in total. The number of rotatable bonds is 7. The molecule has 1 amide bonds. The minimum atomic E-state index is -0.726. The number of nitrogens with two attached hydrogens (primary N) is 1. The third-order valence-electron chi connectivity index (χ3n) is 2.56. The summed E-state index contributed by atoms with van der Waals surface area (Å²) in [6.45, 7) is 0.429. The van der Waals surface area contributed by atoms with Crippen molar-refractivity contribution in [3.63, 3.8) is 0 Å². The molecule has 0 bridgehead atoms. The van der Waals surface area contributed by atoms with E-state index in [-0.39, 0.29) is 30.6 Å². The van der Waals surface area contributed by atoms with E-state index in [1.54, 1.807) is 18.2 Å². The third-order valence-corrected chi connectivity index (χ3v) is 2.56. The van der Waals surface area contributed by atoms with Crippen LogP contribution in [0.2, 0.25) is 0 Å². The van der Waals surface area contributed by atoms with Crippen molar-refractivity contribution >= 4 is 24.0 Å². The Kier molecular flexibility index (Phi) is 8.46. The smallest absolute Gasteiger partial charge is 0.272 e. The second-order valence-corrected chi connectivity index (χ2v) is 3.99. The van der Waals surface area contributed by atoms with Gasteiger partial charge in [0.2, 0.25) is 5.91 Å². The summed E-state index contributed by atoms with van der Waals surface area (Å²) in [7, 11) is 1.46. The number of hydrogen-bond acceptors (Lipinski definition) is 5. The van der Waals surface area contributed by atoms with E-state index in [4.69, 9.17) is 10.5 Å². The Morgan fingerprint density at radius 1 is 1.50 bits per heavy atom. The molecule has 0 saturated heterocycles. The van der Waals surface area contributed by atoms with E-state index in [1.165, 1.54) is 13.2 Å². The molecular weight excluding hydrogens is 286 g/mol. The molecule has 1 atom stereocenters. The maximum absolute atomic E-state index is 11.5. The number of nitro groups is 1. The Morgan fingerprint density at radius 2 is 2.15 bits per heavy atom. The predicted octanol–water partition coefficient (Wildman–Crippen LogP) is 0.649. The highest BCUT2D eigenvalue weighted by Gasteiger charge is 2.14. The molecule has 20 heavy (non-hydrogen) atoms. The first-order chi connectivity index (χ1) is 9.06. The van der Waals surface area contributed by atoms with Crippen molar-refractivity contribution in [2.45, 2.75) is 12.5 Å². The van der Waals surface area contributed by atoms with Gasteiger partial charge in [0, 0.05) is 25.3 Å². The van der Waals surface area contributed by atoms with Crippen molar-refractivity contribution in [3.8, 4) is 0 Å². The third kappa shape index (κ3) is 5.52. The van der Waals surface area contributed by atoms with Crippen molar-refractivity contribution in [1.29, 1.82) is 0 Å². The van der Waals surface area contributed by atoms with Crippen LogP contribution in [0.1, 0.15) is 5.56 Å². The molecule has 0 aliphatic heterocycles. The number of nitrogens with one attached hydrogen (secondary N) is 1. The van der Waals surface area contributed by atoms with Gasteiger partial charge in [0.25, 0.3) is 5.69 Å². The fourth-order valence-corrected chi connectivity index (χ4v) is 1.61. The maximum atomic E-state index is 11.5. The number of nitro benzene ring substituents is 1. The first kappa shape index (κ1) is 18.3. The van der Waals surface area contributed by atoms with Gasteiger partial charge in [-0.1, -0.05) is 18.2 Å². The van der Waals surface area contributed by atoms with Gasteiger partial charge in [-0.3, -0.25) is 14.9 Å². The lowest BCUT2D eigenvalue weighted by atomic mass is 10.1. The Hall–Kier alpha value is -1.70. The summed E-state index contributed by atoms with van der Waals surface area (Å²) in [5.41, 5.74) is 6.17. The molecule has 112 valence electrons. The number of carbonyl (C=O) groups excluding carboxylic acids is 1. The number of para-hydroxylation sites is 1. The summed E-state index contributed by atoms with van der Waals surface area (Å²) in [4.78, 5) is 21.8. The van der Waals surface area contributed by atoms with Crippen LogP contribution in [0.4, 0.5) is 5.69 Å². The summed E-state index contributed by atoms with van der Waals surface area (Å²) >= 11 is 0. The van der Waals surface area contributed by atoms with E-state index in [2.05, 4.69) is 5.32 Å². The summed E-state index contributed by atoms with van der Waals surface area (Å²) in [5, 5.41) is 13.4. The fourth-order valence-electron chi connectivity index (χ4n) is 1.61. The molecule has 1 rings (SSSR count). The summed E-state index contributed by atoms with van der Waals surface area (Å²) < 4.78 is 4.76. The second-order valence-electron chi connectivity index (χ2n) is 3.99. The van der Waals surface area contributed by atoms with Crippen molar-refractivity contribution in [2.75, 3.05) is 20.3 Å². The Bertz CT molecular complexity index is 456. The van der Waals surface area contributed by atoms with E-state index in [0.29, 0.717) is 18.5 Å². The summed E-state index contributed by atoms with van der Waals surface area (Å²) in [5.74, 6) is -0.333. The Labute approximate surface area is 123 Å². The lowest BCUT2D eigenvalue weighted by Gasteiger charge is -2.11. The first-order valence-electron chi connectivity index (χ1n) is 5.80. The topological polar surface area (TPSA) is 107 Å². The number of amides is 1. The molecule has 1 aromatic rings. The minimum Gasteiger partial charge on any atom is -0.383 e. The molecule has 1 aromatic carbocycles. The van der Waals surface area contributed by atoms with Crippen LogP contribution in [0.25, 0.3) is 0 Å². The summed E-state index contributed by atoms with van der Waals surface area (Å²) in [6.07, 6.45) is 0.378. The van der Waals surface area contributed by atoms with Crippen LogP contribution in [0.5, 0.6) is 0 Å². The normalized spacial score (nSPS) is 11.3. The van der Waals surface area contributed by atoms with Gasteiger partial charge in [-0.25, -0.2) is 0 Å². The molecular formula is C12H18ClN3O4. The predicted molar refractivity (Wildman–Crippen MR) is 76.9 cm³/mol. The van der Waals surface area contributed by atoms with Crippen molar-refractivity contribution in [1.82, 2.24) is 5.32 Å². The van der Waals surface area contributed by atoms with Crippen molar-refractivity contribution < 1.29 is 14.5 Å². The van der Waals surface area contributed by atoms with Crippen molar-refractivity contribution in [2.24, 2.45) is 5.73 Å². The van der Waals surface area contributed by atoms with Gasteiger partial charge in [-0.15, -0.1) is 12.4 Å². The van der Waals surface area contributed by atoms with Crippen LogP contribution in [0.3, 0.4) is 0 Å². The molecule has 0 saturated carbocycles. The lowest BCUT2D eigenvalue weighted by molar-refractivity contribution is -0.385. The number of nitrogens with zero attached hydrogens (tertiary/aromatic N) is 1. The fraction of sp³-hybridized carbons (Fsp3) is 0.417. The number of halogens is 1. The van der Waals surface area contributed by atoms with Crippen LogP contribution < -0.4 is 11.1 Å². The number of ether oxygens (including phenoxy) is 1. The number of benzene rings is 1. The molecule has 0 radical (unpaired) electrons. The van der Waals surface area contributed by atoms with Crippen LogP contribution in [0.15, 0.2) is 24.3 Å². The van der Waals surface area contributed by atoms with E-state index in [1.807, 2.05) is 0 Å². The molecule has 0 aromatic heterocycles. The molecule has 1 unspecified atom stereocenters.